The lowest BCUT2D eigenvalue weighted by atomic mass is 10.1. The molecule has 0 aliphatic carbocycles. The predicted octanol–water partition coefficient (Wildman–Crippen LogP) is 2.95. The molecule has 2 heterocycles. The van der Waals surface area contributed by atoms with Gasteiger partial charge in [0.1, 0.15) is 22.9 Å². The monoisotopic (exact) mass is 431 g/mol. The smallest absolute Gasteiger partial charge is 0.266 e. The number of carbonyl (C=O) groups excluding carboxylic acids is 1. The van der Waals surface area contributed by atoms with Crippen molar-refractivity contribution in [3.05, 3.63) is 50.6 Å². The summed E-state index contributed by atoms with van der Waals surface area (Å²) in [4.78, 5) is 31.9. The van der Waals surface area contributed by atoms with E-state index in [0.717, 1.165) is 16.8 Å². The second-order valence-electron chi connectivity index (χ2n) is 6.94. The Bertz CT molecular complexity index is 1080. The molecule has 0 N–H and O–H groups in total. The van der Waals surface area contributed by atoms with Crippen LogP contribution in [0.3, 0.4) is 0 Å². The predicted molar refractivity (Wildman–Crippen MR) is 109 cm³/mol. The van der Waals surface area contributed by atoms with Gasteiger partial charge >= 0.3 is 0 Å². The van der Waals surface area contributed by atoms with Crippen LogP contribution in [-0.2, 0) is 18.4 Å². The molecule has 0 atom stereocenters. The fourth-order valence-electron chi connectivity index (χ4n) is 3.15. The molecule has 3 rings (SSSR count). The minimum Gasteiger partial charge on any atom is -0.308 e. The van der Waals surface area contributed by atoms with Gasteiger partial charge in [0.25, 0.3) is 5.56 Å². The highest BCUT2D eigenvalue weighted by Gasteiger charge is 2.23. The Morgan fingerprint density at radius 1 is 1.30 bits per heavy atom. The van der Waals surface area contributed by atoms with E-state index < -0.39 is 0 Å². The van der Waals surface area contributed by atoms with Crippen LogP contribution in [0.1, 0.15) is 25.0 Å². The molecule has 8 heteroatoms. The van der Waals surface area contributed by atoms with E-state index >= 15 is 0 Å². The van der Waals surface area contributed by atoms with Crippen LogP contribution < -0.4 is 10.5 Å². The van der Waals surface area contributed by atoms with E-state index in [9.17, 15) is 9.59 Å². The fourth-order valence-corrected chi connectivity index (χ4v) is 3.73. The molecule has 0 spiro atoms. The molecule has 2 aromatic heterocycles. The summed E-state index contributed by atoms with van der Waals surface area (Å²) < 4.78 is 3.29. The van der Waals surface area contributed by atoms with Gasteiger partial charge in [-0.2, -0.15) is 5.10 Å². The van der Waals surface area contributed by atoms with Gasteiger partial charge < -0.3 is 4.90 Å². The molecule has 0 unspecified atom stereocenters. The van der Waals surface area contributed by atoms with Crippen molar-refractivity contribution in [3.8, 4) is 0 Å². The van der Waals surface area contributed by atoms with E-state index in [1.54, 1.807) is 11.9 Å². The Morgan fingerprint density at radius 2 is 2.00 bits per heavy atom. The van der Waals surface area contributed by atoms with Gasteiger partial charge in [-0.3, -0.25) is 14.2 Å². The summed E-state index contributed by atoms with van der Waals surface area (Å²) in [5.41, 5.74) is 3.13. The summed E-state index contributed by atoms with van der Waals surface area (Å²) in [6.45, 7) is 7.80. The third kappa shape index (κ3) is 3.53. The molecule has 27 heavy (non-hydrogen) atoms. The van der Waals surface area contributed by atoms with Crippen LogP contribution in [0.2, 0.25) is 0 Å². The highest BCUT2D eigenvalue weighted by Crippen LogP contribution is 2.24. The van der Waals surface area contributed by atoms with E-state index in [-0.39, 0.29) is 24.1 Å². The molecule has 0 aliphatic heterocycles. The van der Waals surface area contributed by atoms with Gasteiger partial charge in [-0.25, -0.2) is 9.67 Å². The zero-order valence-electron chi connectivity index (χ0n) is 16.0. The molecule has 142 valence electrons. The maximum Gasteiger partial charge on any atom is 0.266 e. The van der Waals surface area contributed by atoms with Gasteiger partial charge in [-0.15, -0.1) is 0 Å². The molecule has 7 nitrogen and oxygen atoms in total. The van der Waals surface area contributed by atoms with Gasteiger partial charge in [0, 0.05) is 18.8 Å². The van der Waals surface area contributed by atoms with Crippen molar-refractivity contribution >= 4 is 38.6 Å². The minimum atomic E-state index is -0.294. The van der Waals surface area contributed by atoms with Crippen LogP contribution in [0.4, 0.5) is 5.69 Å². The zero-order chi connectivity index (χ0) is 19.9. The normalized spacial score (nSPS) is 11.4. The maximum atomic E-state index is 13.1. The number of amides is 1. The number of nitrogens with zero attached hydrogens (tertiary/aromatic N) is 5. The SMILES string of the molecule is Cc1ccc(C)c(N(C(=O)Cn2cnc3c(c(Br)nn3C)c2=O)C(C)C)c1. The van der Waals surface area contributed by atoms with E-state index in [1.807, 2.05) is 45.9 Å². The van der Waals surface area contributed by atoms with Gasteiger partial charge in [-0.1, -0.05) is 12.1 Å². The molecule has 0 saturated heterocycles. The largest absolute Gasteiger partial charge is 0.308 e. The summed E-state index contributed by atoms with van der Waals surface area (Å²) >= 11 is 3.29. The van der Waals surface area contributed by atoms with Gasteiger partial charge in [0.15, 0.2) is 5.65 Å². The lowest BCUT2D eigenvalue weighted by molar-refractivity contribution is -0.119. The Morgan fingerprint density at radius 3 is 2.67 bits per heavy atom. The van der Waals surface area contributed by atoms with Crippen LogP contribution in [-0.4, -0.2) is 31.3 Å². The average molecular weight is 432 g/mol. The third-order valence-corrected chi connectivity index (χ3v) is 5.04. The van der Waals surface area contributed by atoms with Crippen molar-refractivity contribution in [2.75, 3.05) is 4.90 Å². The van der Waals surface area contributed by atoms with Gasteiger partial charge in [-0.05, 0) is 60.8 Å². The van der Waals surface area contributed by atoms with Crippen molar-refractivity contribution in [3.63, 3.8) is 0 Å². The standard InChI is InChI=1S/C19H22BrN5O2/c1-11(2)25(14-8-12(3)6-7-13(14)4)15(26)9-24-10-21-18-16(19(24)27)17(20)22-23(18)5/h6-8,10-11H,9H2,1-5H3. The Labute approximate surface area is 165 Å². The number of aromatic nitrogens is 4. The molecule has 1 amide bonds. The maximum absolute atomic E-state index is 13.1. The van der Waals surface area contributed by atoms with Gasteiger partial charge in [0.05, 0.1) is 0 Å². The van der Waals surface area contributed by atoms with E-state index in [1.165, 1.54) is 15.6 Å². The Hall–Kier alpha value is -2.48. The Kier molecular flexibility index (Phi) is 5.19. The summed E-state index contributed by atoms with van der Waals surface area (Å²) in [6.07, 6.45) is 1.40. The van der Waals surface area contributed by atoms with Gasteiger partial charge in [0.2, 0.25) is 5.91 Å². The number of fused-ring (bicyclic) bond motifs is 1. The summed E-state index contributed by atoms with van der Waals surface area (Å²) in [5, 5.41) is 4.54. The Balaban J connectivity index is 2.01. The third-order valence-electron chi connectivity index (χ3n) is 4.48. The molecule has 1 aromatic carbocycles. The van der Waals surface area contributed by atoms with Crippen LogP contribution >= 0.6 is 15.9 Å². The van der Waals surface area contributed by atoms with E-state index in [0.29, 0.717) is 15.6 Å². The van der Waals surface area contributed by atoms with Crippen LogP contribution in [0.25, 0.3) is 11.0 Å². The van der Waals surface area contributed by atoms with Crippen molar-refractivity contribution in [2.45, 2.75) is 40.3 Å². The first-order valence-electron chi connectivity index (χ1n) is 8.67. The van der Waals surface area contributed by atoms with E-state index in [2.05, 4.69) is 26.0 Å². The van der Waals surface area contributed by atoms with Crippen molar-refractivity contribution in [1.29, 1.82) is 0 Å². The minimum absolute atomic E-state index is 0.0458. The summed E-state index contributed by atoms with van der Waals surface area (Å²) in [7, 11) is 1.72. The number of rotatable bonds is 4. The summed E-state index contributed by atoms with van der Waals surface area (Å²) in [5.74, 6) is -0.165. The quantitative estimate of drug-likeness (QED) is 0.636. The van der Waals surface area contributed by atoms with Crippen molar-refractivity contribution in [1.82, 2.24) is 19.3 Å². The number of hydrogen-bond donors (Lipinski definition) is 0. The number of aryl methyl sites for hydroxylation is 3. The number of hydrogen-bond acceptors (Lipinski definition) is 4. The highest BCUT2D eigenvalue weighted by molar-refractivity contribution is 9.10. The molecule has 0 fully saturated rings. The van der Waals surface area contributed by atoms with Crippen LogP contribution in [0, 0.1) is 13.8 Å². The molecule has 0 saturated carbocycles. The first kappa shape index (κ1) is 19.3. The summed E-state index contributed by atoms with van der Waals surface area (Å²) in [6, 6.07) is 5.97. The fraction of sp³-hybridized carbons (Fsp3) is 0.368. The molecular formula is C19H22BrN5O2. The topological polar surface area (TPSA) is 73.0 Å². The van der Waals surface area contributed by atoms with E-state index in [4.69, 9.17) is 0 Å². The highest BCUT2D eigenvalue weighted by atomic mass is 79.9. The lowest BCUT2D eigenvalue weighted by Gasteiger charge is -2.29. The lowest BCUT2D eigenvalue weighted by Crippen LogP contribution is -2.41. The molecule has 3 aromatic rings. The second kappa shape index (κ2) is 7.26. The molecule has 0 bridgehead atoms. The number of anilines is 1. The van der Waals surface area contributed by atoms with Crippen LogP contribution in [0.5, 0.6) is 0 Å². The second-order valence-corrected chi connectivity index (χ2v) is 7.69. The van der Waals surface area contributed by atoms with Crippen molar-refractivity contribution < 1.29 is 4.79 Å². The number of halogens is 1. The number of carbonyl (C=O) groups is 1. The molecule has 0 radical (unpaired) electrons. The van der Waals surface area contributed by atoms with Crippen molar-refractivity contribution in [2.24, 2.45) is 7.05 Å². The zero-order valence-corrected chi connectivity index (χ0v) is 17.6. The first-order valence-corrected chi connectivity index (χ1v) is 9.47. The average Bonchev–Trinajstić information content (AvgIpc) is 2.88. The molecular weight excluding hydrogens is 410 g/mol. The molecule has 0 aliphatic rings. The number of benzene rings is 1. The van der Waals surface area contributed by atoms with Crippen LogP contribution in [0.15, 0.2) is 33.9 Å². The first-order chi connectivity index (χ1) is 12.7.